The molecular weight excluding hydrogens is 224 g/mol. The number of nitrogens with zero attached hydrogens (tertiary/aromatic N) is 1. The van der Waals surface area contributed by atoms with Gasteiger partial charge in [0.25, 0.3) is 0 Å². The van der Waals surface area contributed by atoms with Gasteiger partial charge in [0.05, 0.1) is 0 Å². The van der Waals surface area contributed by atoms with Gasteiger partial charge in [0.2, 0.25) is 0 Å². The molecule has 3 heteroatoms. The van der Waals surface area contributed by atoms with Gasteiger partial charge >= 0.3 is 0 Å². The molecular formula is C15H22N2O. The van der Waals surface area contributed by atoms with E-state index < -0.39 is 0 Å². The van der Waals surface area contributed by atoms with Gasteiger partial charge in [-0.2, -0.15) is 0 Å². The molecule has 0 amide bonds. The highest BCUT2D eigenvalue weighted by Crippen LogP contribution is 2.36. The molecule has 2 N–H and O–H groups in total. The zero-order chi connectivity index (χ0) is 12.5. The van der Waals surface area contributed by atoms with Crippen LogP contribution in [0.15, 0.2) is 18.2 Å². The van der Waals surface area contributed by atoms with Crippen LogP contribution in [0.2, 0.25) is 0 Å². The number of fused-ring (bicyclic) bond motifs is 1. The fraction of sp³-hybridized carbons (Fsp3) is 0.600. The summed E-state index contributed by atoms with van der Waals surface area (Å²) in [7, 11) is 2.20. The number of hydrogen-bond acceptors (Lipinski definition) is 3. The number of benzene rings is 1. The minimum atomic E-state index is 0.157. The van der Waals surface area contributed by atoms with Crippen molar-refractivity contribution in [2.75, 3.05) is 26.7 Å². The minimum absolute atomic E-state index is 0.157. The van der Waals surface area contributed by atoms with Gasteiger partial charge in [-0.25, -0.2) is 0 Å². The molecule has 3 nitrogen and oxygen atoms in total. The first-order valence-corrected chi connectivity index (χ1v) is 6.93. The second kappa shape index (κ2) is 4.90. The van der Waals surface area contributed by atoms with E-state index in [4.69, 9.17) is 10.5 Å². The van der Waals surface area contributed by atoms with Crippen LogP contribution in [0.4, 0.5) is 0 Å². The maximum atomic E-state index is 6.04. The molecule has 0 spiro atoms. The standard InChI is InChI=1S/C15H22N2O/c1-17-7-5-11(6-8-17)13-3-2-4-15-14(13)9-12(16)10-18-15/h2-4,11-12H,5-10,16H2,1H3/t12-/m0/s1. The third kappa shape index (κ3) is 2.25. The SMILES string of the molecule is CN1CCC(c2cccc3c2C[C@H](N)CO3)CC1. The third-order valence-corrected chi connectivity index (χ3v) is 4.25. The molecule has 2 aliphatic rings. The lowest BCUT2D eigenvalue weighted by atomic mass is 9.84. The predicted molar refractivity (Wildman–Crippen MR) is 73.1 cm³/mol. The summed E-state index contributed by atoms with van der Waals surface area (Å²) in [5.41, 5.74) is 8.89. The first-order chi connectivity index (χ1) is 8.74. The Morgan fingerprint density at radius 2 is 2.06 bits per heavy atom. The fourth-order valence-electron chi connectivity index (χ4n) is 3.16. The fourth-order valence-corrected chi connectivity index (χ4v) is 3.16. The van der Waals surface area contributed by atoms with Crippen LogP contribution in [0, 0.1) is 0 Å². The second-order valence-electron chi connectivity index (χ2n) is 5.68. The van der Waals surface area contributed by atoms with Crippen LogP contribution < -0.4 is 10.5 Å². The Labute approximate surface area is 109 Å². The van der Waals surface area contributed by atoms with E-state index in [1.165, 1.54) is 37.1 Å². The summed E-state index contributed by atoms with van der Waals surface area (Å²) < 4.78 is 5.75. The highest BCUT2D eigenvalue weighted by atomic mass is 16.5. The molecule has 0 radical (unpaired) electrons. The molecule has 18 heavy (non-hydrogen) atoms. The van der Waals surface area contributed by atoms with Gasteiger partial charge in [-0.15, -0.1) is 0 Å². The number of piperidine rings is 1. The first-order valence-electron chi connectivity index (χ1n) is 6.93. The summed E-state index contributed by atoms with van der Waals surface area (Å²) in [6, 6.07) is 6.64. The largest absolute Gasteiger partial charge is 0.492 e. The van der Waals surface area contributed by atoms with Crippen LogP contribution in [0.3, 0.4) is 0 Å². The van der Waals surface area contributed by atoms with Crippen molar-refractivity contribution in [2.45, 2.75) is 31.2 Å². The van der Waals surface area contributed by atoms with Gasteiger partial charge in [-0.3, -0.25) is 0 Å². The normalized spacial score (nSPS) is 25.6. The Kier molecular flexibility index (Phi) is 3.27. The number of likely N-dealkylation sites (tertiary alicyclic amines) is 1. The molecule has 1 atom stereocenters. The average Bonchev–Trinajstić information content (AvgIpc) is 2.39. The summed E-state index contributed by atoms with van der Waals surface area (Å²) in [6.07, 6.45) is 3.47. The highest BCUT2D eigenvalue weighted by molar-refractivity contribution is 5.44. The van der Waals surface area contributed by atoms with Crippen molar-refractivity contribution in [2.24, 2.45) is 5.73 Å². The molecule has 0 aliphatic carbocycles. The van der Waals surface area contributed by atoms with Crippen molar-refractivity contribution in [3.05, 3.63) is 29.3 Å². The van der Waals surface area contributed by atoms with Crippen molar-refractivity contribution >= 4 is 0 Å². The zero-order valence-electron chi connectivity index (χ0n) is 11.1. The van der Waals surface area contributed by atoms with Crippen LogP contribution in [0.5, 0.6) is 5.75 Å². The van der Waals surface area contributed by atoms with Crippen molar-refractivity contribution in [3.8, 4) is 5.75 Å². The van der Waals surface area contributed by atoms with Crippen LogP contribution in [0.25, 0.3) is 0 Å². The topological polar surface area (TPSA) is 38.5 Å². The van der Waals surface area contributed by atoms with E-state index in [0.717, 1.165) is 12.2 Å². The van der Waals surface area contributed by atoms with E-state index in [2.05, 4.69) is 30.1 Å². The number of rotatable bonds is 1. The van der Waals surface area contributed by atoms with Gasteiger partial charge in [0.1, 0.15) is 12.4 Å². The van der Waals surface area contributed by atoms with Crippen molar-refractivity contribution in [1.29, 1.82) is 0 Å². The van der Waals surface area contributed by atoms with Gasteiger partial charge < -0.3 is 15.4 Å². The van der Waals surface area contributed by atoms with E-state index in [1.54, 1.807) is 0 Å². The zero-order valence-corrected chi connectivity index (χ0v) is 11.1. The van der Waals surface area contributed by atoms with Gasteiger partial charge in [-0.05, 0) is 62.5 Å². The summed E-state index contributed by atoms with van der Waals surface area (Å²) in [5, 5.41) is 0. The first kappa shape index (κ1) is 12.0. The van der Waals surface area contributed by atoms with Crippen molar-refractivity contribution in [1.82, 2.24) is 4.90 Å². The van der Waals surface area contributed by atoms with E-state index in [-0.39, 0.29) is 6.04 Å². The van der Waals surface area contributed by atoms with E-state index in [1.807, 2.05) is 0 Å². The summed E-state index contributed by atoms with van der Waals surface area (Å²) in [4.78, 5) is 2.41. The maximum absolute atomic E-state index is 6.04. The molecule has 1 fully saturated rings. The lowest BCUT2D eigenvalue weighted by Gasteiger charge is -2.32. The molecule has 2 heterocycles. The number of nitrogens with two attached hydrogens (primary N) is 1. The molecule has 0 saturated carbocycles. The third-order valence-electron chi connectivity index (χ3n) is 4.25. The summed E-state index contributed by atoms with van der Waals surface area (Å²) in [6.45, 7) is 3.05. The Hall–Kier alpha value is -1.06. The molecule has 1 saturated heterocycles. The van der Waals surface area contributed by atoms with Gasteiger partial charge in [-0.1, -0.05) is 12.1 Å². The lowest BCUT2D eigenvalue weighted by molar-refractivity contribution is 0.247. The van der Waals surface area contributed by atoms with Crippen LogP contribution in [-0.4, -0.2) is 37.7 Å². The monoisotopic (exact) mass is 246 g/mol. The van der Waals surface area contributed by atoms with Crippen molar-refractivity contribution in [3.63, 3.8) is 0 Å². The average molecular weight is 246 g/mol. The van der Waals surface area contributed by atoms with Crippen molar-refractivity contribution < 1.29 is 4.74 Å². The van der Waals surface area contributed by atoms with Crippen LogP contribution >= 0.6 is 0 Å². The Morgan fingerprint density at radius 1 is 1.28 bits per heavy atom. The minimum Gasteiger partial charge on any atom is -0.492 e. The predicted octanol–water partition coefficient (Wildman–Crippen LogP) is 1.76. The molecule has 3 rings (SSSR count). The van der Waals surface area contributed by atoms with Crippen LogP contribution in [0.1, 0.15) is 29.9 Å². The van der Waals surface area contributed by atoms with Crippen LogP contribution in [-0.2, 0) is 6.42 Å². The molecule has 0 aromatic heterocycles. The molecule has 0 unspecified atom stereocenters. The van der Waals surface area contributed by atoms with Gasteiger partial charge in [0, 0.05) is 6.04 Å². The lowest BCUT2D eigenvalue weighted by Crippen LogP contribution is -2.35. The molecule has 0 bridgehead atoms. The quantitative estimate of drug-likeness (QED) is 0.820. The summed E-state index contributed by atoms with van der Waals surface area (Å²) in [5.74, 6) is 1.75. The molecule has 1 aromatic carbocycles. The Balaban J connectivity index is 1.88. The summed E-state index contributed by atoms with van der Waals surface area (Å²) >= 11 is 0. The number of hydrogen-bond donors (Lipinski definition) is 1. The van der Waals surface area contributed by atoms with Gasteiger partial charge in [0.15, 0.2) is 0 Å². The second-order valence-corrected chi connectivity index (χ2v) is 5.68. The Morgan fingerprint density at radius 3 is 2.83 bits per heavy atom. The molecule has 1 aromatic rings. The van der Waals surface area contributed by atoms with E-state index >= 15 is 0 Å². The molecule has 2 aliphatic heterocycles. The van der Waals surface area contributed by atoms with E-state index in [0.29, 0.717) is 12.5 Å². The Bertz CT molecular complexity index is 425. The number of ether oxygens (including phenoxy) is 1. The highest BCUT2D eigenvalue weighted by Gasteiger charge is 2.25. The smallest absolute Gasteiger partial charge is 0.122 e. The maximum Gasteiger partial charge on any atom is 0.122 e. The molecule has 98 valence electrons. The van der Waals surface area contributed by atoms with E-state index in [9.17, 15) is 0 Å².